The lowest BCUT2D eigenvalue weighted by atomic mass is 10.1. The number of methoxy groups -OCH3 is 1. The molecule has 0 fully saturated rings. The molecule has 2 aromatic rings. The number of carbonyl (C=O) groups excluding carboxylic acids is 1. The van der Waals surface area contributed by atoms with Crippen LogP contribution >= 0.6 is 0 Å². The van der Waals surface area contributed by atoms with Gasteiger partial charge < -0.3 is 14.8 Å². The van der Waals surface area contributed by atoms with E-state index >= 15 is 0 Å². The molecule has 1 amide bonds. The molecule has 146 valence electrons. The summed E-state index contributed by atoms with van der Waals surface area (Å²) in [6.45, 7) is 6.95. The van der Waals surface area contributed by atoms with Crippen LogP contribution in [0.3, 0.4) is 0 Å². The fourth-order valence-corrected chi connectivity index (χ4v) is 2.58. The van der Waals surface area contributed by atoms with Crippen molar-refractivity contribution in [2.24, 2.45) is 0 Å². The summed E-state index contributed by atoms with van der Waals surface area (Å²) < 4.78 is 12.4. The summed E-state index contributed by atoms with van der Waals surface area (Å²) >= 11 is 0. The first-order chi connectivity index (χ1) is 13.0. The highest BCUT2D eigenvalue weighted by Crippen LogP contribution is 2.30. The zero-order chi connectivity index (χ0) is 19.8. The summed E-state index contributed by atoms with van der Waals surface area (Å²) in [6, 6.07) is 8.13. The van der Waals surface area contributed by atoms with Gasteiger partial charge in [0.15, 0.2) is 11.5 Å². The standard InChI is InChI=1S/C20H27N3O4/c1-5-11-23-19(24)10-8-16(22-23)20(25)21-14(3)15-7-9-17(27-12-6-2)18(13-15)26-4/h7-10,13-14H,5-6,11-12H2,1-4H3,(H,21,25). The molecule has 0 radical (unpaired) electrons. The highest BCUT2D eigenvalue weighted by molar-refractivity contribution is 5.92. The molecule has 0 saturated heterocycles. The van der Waals surface area contributed by atoms with Crippen LogP contribution < -0.4 is 20.3 Å². The van der Waals surface area contributed by atoms with Crippen LogP contribution in [0.5, 0.6) is 11.5 Å². The number of ether oxygens (including phenoxy) is 2. The molecule has 1 unspecified atom stereocenters. The maximum Gasteiger partial charge on any atom is 0.272 e. The van der Waals surface area contributed by atoms with E-state index in [1.54, 1.807) is 7.11 Å². The van der Waals surface area contributed by atoms with Gasteiger partial charge in [-0.2, -0.15) is 5.10 Å². The van der Waals surface area contributed by atoms with E-state index in [9.17, 15) is 9.59 Å². The molecule has 1 aromatic heterocycles. The van der Waals surface area contributed by atoms with Crippen LogP contribution in [0.25, 0.3) is 0 Å². The topological polar surface area (TPSA) is 82.5 Å². The van der Waals surface area contributed by atoms with E-state index in [0.717, 1.165) is 18.4 Å². The average Bonchev–Trinajstić information content (AvgIpc) is 2.67. The third-order valence-electron chi connectivity index (χ3n) is 4.03. The maximum absolute atomic E-state index is 12.5. The Morgan fingerprint density at radius 2 is 1.96 bits per heavy atom. The van der Waals surface area contributed by atoms with Gasteiger partial charge in [-0.25, -0.2) is 4.68 Å². The van der Waals surface area contributed by atoms with Crippen molar-refractivity contribution in [3.8, 4) is 11.5 Å². The first-order valence-corrected chi connectivity index (χ1v) is 9.19. The van der Waals surface area contributed by atoms with Gasteiger partial charge in [0.1, 0.15) is 5.69 Å². The van der Waals surface area contributed by atoms with Crippen LogP contribution in [0.1, 0.15) is 55.7 Å². The molecule has 0 aliphatic rings. The number of aryl methyl sites for hydroxylation is 1. The van der Waals surface area contributed by atoms with Crippen LogP contribution in [0.15, 0.2) is 35.1 Å². The van der Waals surface area contributed by atoms with Gasteiger partial charge in [-0.1, -0.05) is 19.9 Å². The lowest BCUT2D eigenvalue weighted by Gasteiger charge is -2.17. The smallest absolute Gasteiger partial charge is 0.272 e. The van der Waals surface area contributed by atoms with Crippen molar-refractivity contribution in [2.45, 2.75) is 46.2 Å². The molecule has 0 saturated carbocycles. The number of carbonyl (C=O) groups is 1. The molecule has 7 nitrogen and oxygen atoms in total. The number of benzene rings is 1. The second-order valence-electron chi connectivity index (χ2n) is 6.23. The molecular weight excluding hydrogens is 346 g/mol. The largest absolute Gasteiger partial charge is 0.493 e. The van der Waals surface area contributed by atoms with Crippen molar-refractivity contribution in [1.29, 1.82) is 0 Å². The predicted molar refractivity (Wildman–Crippen MR) is 103 cm³/mol. The minimum absolute atomic E-state index is 0.213. The van der Waals surface area contributed by atoms with Crippen LogP contribution in [0.2, 0.25) is 0 Å². The van der Waals surface area contributed by atoms with E-state index < -0.39 is 0 Å². The molecular formula is C20H27N3O4. The Hall–Kier alpha value is -2.83. The fourth-order valence-electron chi connectivity index (χ4n) is 2.58. The normalized spacial score (nSPS) is 11.7. The lowest BCUT2D eigenvalue weighted by molar-refractivity contribution is 0.0932. The SMILES string of the molecule is CCCOc1ccc(C(C)NC(=O)c2ccc(=O)n(CCC)n2)cc1OC. The molecule has 1 atom stereocenters. The second kappa shape index (κ2) is 9.75. The van der Waals surface area contributed by atoms with Gasteiger partial charge in [0.25, 0.3) is 11.5 Å². The summed E-state index contributed by atoms with van der Waals surface area (Å²) in [5, 5.41) is 7.04. The van der Waals surface area contributed by atoms with Crippen molar-refractivity contribution < 1.29 is 14.3 Å². The maximum atomic E-state index is 12.5. The van der Waals surface area contributed by atoms with E-state index in [4.69, 9.17) is 9.47 Å². The van der Waals surface area contributed by atoms with Gasteiger partial charge in [0.2, 0.25) is 0 Å². The molecule has 7 heteroatoms. The third kappa shape index (κ3) is 5.32. The molecule has 27 heavy (non-hydrogen) atoms. The van der Waals surface area contributed by atoms with E-state index in [0.29, 0.717) is 24.7 Å². The van der Waals surface area contributed by atoms with E-state index in [-0.39, 0.29) is 23.2 Å². The summed E-state index contributed by atoms with van der Waals surface area (Å²) in [7, 11) is 1.59. The monoisotopic (exact) mass is 373 g/mol. The molecule has 1 aromatic carbocycles. The van der Waals surface area contributed by atoms with E-state index in [1.807, 2.05) is 39.0 Å². The highest BCUT2D eigenvalue weighted by Gasteiger charge is 2.16. The van der Waals surface area contributed by atoms with Crippen LogP contribution in [-0.4, -0.2) is 29.4 Å². The fraction of sp³-hybridized carbons (Fsp3) is 0.450. The Kier molecular flexibility index (Phi) is 7.40. The number of amides is 1. The summed E-state index contributed by atoms with van der Waals surface area (Å²) in [5.41, 5.74) is 0.879. The lowest BCUT2D eigenvalue weighted by Crippen LogP contribution is -2.31. The molecule has 1 N–H and O–H groups in total. The van der Waals surface area contributed by atoms with Gasteiger partial charge >= 0.3 is 0 Å². The molecule has 2 rings (SSSR count). The number of hydrogen-bond donors (Lipinski definition) is 1. The Morgan fingerprint density at radius 3 is 2.63 bits per heavy atom. The number of hydrogen-bond acceptors (Lipinski definition) is 5. The first-order valence-electron chi connectivity index (χ1n) is 9.19. The van der Waals surface area contributed by atoms with Gasteiger partial charge in [-0.15, -0.1) is 0 Å². The predicted octanol–water partition coefficient (Wildman–Crippen LogP) is 2.94. The zero-order valence-corrected chi connectivity index (χ0v) is 16.3. The Labute approximate surface area is 159 Å². The first kappa shape index (κ1) is 20.5. The summed E-state index contributed by atoms with van der Waals surface area (Å²) in [5.74, 6) is 0.962. The number of rotatable bonds is 9. The van der Waals surface area contributed by atoms with Crippen LogP contribution in [-0.2, 0) is 6.54 Å². The molecule has 0 aliphatic heterocycles. The Morgan fingerprint density at radius 1 is 1.19 bits per heavy atom. The van der Waals surface area contributed by atoms with Gasteiger partial charge in [-0.3, -0.25) is 9.59 Å². The summed E-state index contributed by atoms with van der Waals surface area (Å²) in [4.78, 5) is 24.3. The average molecular weight is 373 g/mol. The third-order valence-corrected chi connectivity index (χ3v) is 4.03. The van der Waals surface area contributed by atoms with Crippen molar-refractivity contribution in [2.75, 3.05) is 13.7 Å². The Balaban J connectivity index is 2.14. The molecule has 1 heterocycles. The van der Waals surface area contributed by atoms with Gasteiger partial charge in [0.05, 0.1) is 19.8 Å². The molecule has 0 bridgehead atoms. The second-order valence-corrected chi connectivity index (χ2v) is 6.23. The molecule has 0 aliphatic carbocycles. The van der Waals surface area contributed by atoms with E-state index in [1.165, 1.54) is 16.8 Å². The highest BCUT2D eigenvalue weighted by atomic mass is 16.5. The van der Waals surface area contributed by atoms with Crippen molar-refractivity contribution in [3.63, 3.8) is 0 Å². The van der Waals surface area contributed by atoms with E-state index in [2.05, 4.69) is 10.4 Å². The number of nitrogens with one attached hydrogen (secondary N) is 1. The van der Waals surface area contributed by atoms with Gasteiger partial charge in [0, 0.05) is 12.6 Å². The van der Waals surface area contributed by atoms with Gasteiger partial charge in [-0.05, 0) is 43.5 Å². The number of aromatic nitrogens is 2. The van der Waals surface area contributed by atoms with Crippen molar-refractivity contribution in [1.82, 2.24) is 15.1 Å². The summed E-state index contributed by atoms with van der Waals surface area (Å²) in [6.07, 6.45) is 1.67. The minimum atomic E-state index is -0.336. The van der Waals surface area contributed by atoms with Crippen molar-refractivity contribution in [3.05, 3.63) is 51.9 Å². The quantitative estimate of drug-likeness (QED) is 0.731. The molecule has 0 spiro atoms. The van der Waals surface area contributed by atoms with Crippen LogP contribution in [0.4, 0.5) is 0 Å². The van der Waals surface area contributed by atoms with Crippen LogP contribution in [0, 0.1) is 0 Å². The minimum Gasteiger partial charge on any atom is -0.493 e. The zero-order valence-electron chi connectivity index (χ0n) is 16.3. The number of nitrogens with zero attached hydrogens (tertiary/aromatic N) is 2. The Bertz CT molecular complexity index is 832. The van der Waals surface area contributed by atoms with Crippen molar-refractivity contribution >= 4 is 5.91 Å².